The third-order valence-electron chi connectivity index (χ3n) is 6.05. The number of esters is 2. The fourth-order valence-corrected chi connectivity index (χ4v) is 4.56. The van der Waals surface area contributed by atoms with Gasteiger partial charge in [0.1, 0.15) is 5.57 Å². The van der Waals surface area contributed by atoms with E-state index < -0.39 is 17.7 Å². The van der Waals surface area contributed by atoms with Crippen molar-refractivity contribution < 1.29 is 19.1 Å². The molecule has 1 aliphatic heterocycles. The molecule has 1 saturated carbocycles. The van der Waals surface area contributed by atoms with Crippen LogP contribution in [0.2, 0.25) is 0 Å². The van der Waals surface area contributed by atoms with E-state index in [1.54, 1.807) is 6.08 Å². The summed E-state index contributed by atoms with van der Waals surface area (Å²) in [5.74, 6) is -2.22. The molecule has 0 radical (unpaired) electrons. The van der Waals surface area contributed by atoms with Crippen molar-refractivity contribution in [3.05, 3.63) is 57.9 Å². The molecule has 0 N–H and O–H groups in total. The zero-order valence-electron chi connectivity index (χ0n) is 17.5. The van der Waals surface area contributed by atoms with E-state index in [0.29, 0.717) is 12.8 Å². The molecule has 1 spiro atoms. The number of ether oxygens (including phenoxy) is 2. The first-order valence-corrected chi connectivity index (χ1v) is 10.3. The number of carbonyl (C=O) groups excluding carboxylic acids is 2. The number of nitrogens with zero attached hydrogens (tertiary/aromatic N) is 1. The third kappa shape index (κ3) is 3.39. The maximum Gasteiger partial charge on any atom is 0.348 e. The molecule has 1 aliphatic carbocycles. The Labute approximate surface area is 171 Å². The van der Waals surface area contributed by atoms with Gasteiger partial charge >= 0.3 is 11.9 Å². The van der Waals surface area contributed by atoms with Gasteiger partial charge in [0.2, 0.25) is 0 Å². The molecule has 0 atom stereocenters. The van der Waals surface area contributed by atoms with Crippen LogP contribution in [-0.4, -0.2) is 22.3 Å². The highest BCUT2D eigenvalue weighted by molar-refractivity contribution is 6.19. The van der Waals surface area contributed by atoms with E-state index in [1.165, 1.54) is 11.1 Å². The lowest BCUT2D eigenvalue weighted by Gasteiger charge is -2.38. The molecular weight excluding hydrogens is 366 g/mol. The van der Waals surface area contributed by atoms with E-state index in [1.807, 2.05) is 26.0 Å². The monoisotopic (exact) mass is 393 g/mol. The first kappa shape index (κ1) is 19.5. The summed E-state index contributed by atoms with van der Waals surface area (Å²) in [5.41, 5.74) is 6.24. The summed E-state index contributed by atoms with van der Waals surface area (Å²) >= 11 is 0. The zero-order valence-corrected chi connectivity index (χ0v) is 17.5. The summed E-state index contributed by atoms with van der Waals surface area (Å²) in [6, 6.07) is 8.19. The van der Waals surface area contributed by atoms with Crippen molar-refractivity contribution in [1.29, 1.82) is 0 Å². The summed E-state index contributed by atoms with van der Waals surface area (Å²) in [4.78, 5) is 25.3. The van der Waals surface area contributed by atoms with Gasteiger partial charge in [-0.15, -0.1) is 0 Å². The van der Waals surface area contributed by atoms with Crippen LogP contribution >= 0.6 is 0 Å². The van der Waals surface area contributed by atoms with Gasteiger partial charge in [-0.1, -0.05) is 24.6 Å². The molecule has 5 heteroatoms. The Morgan fingerprint density at radius 2 is 1.52 bits per heavy atom. The largest absolute Gasteiger partial charge is 0.419 e. The lowest BCUT2D eigenvalue weighted by atomic mass is 9.93. The summed E-state index contributed by atoms with van der Waals surface area (Å²) < 4.78 is 13.4. The van der Waals surface area contributed by atoms with E-state index in [2.05, 4.69) is 30.5 Å². The predicted octanol–water partition coefficient (Wildman–Crippen LogP) is 4.85. The van der Waals surface area contributed by atoms with Crippen LogP contribution in [0.3, 0.4) is 0 Å². The van der Waals surface area contributed by atoms with Crippen molar-refractivity contribution in [2.24, 2.45) is 0 Å². The van der Waals surface area contributed by atoms with Crippen LogP contribution < -0.4 is 0 Å². The summed E-state index contributed by atoms with van der Waals surface area (Å²) in [7, 11) is 0. The Kier molecular flexibility index (Phi) is 4.85. The molecule has 5 nitrogen and oxygen atoms in total. The molecular formula is C24H27NO4. The van der Waals surface area contributed by atoms with Gasteiger partial charge in [0.05, 0.1) is 5.69 Å². The number of rotatable bonds is 2. The second kappa shape index (κ2) is 7.21. The van der Waals surface area contributed by atoms with Gasteiger partial charge in [0.15, 0.2) is 0 Å². The van der Waals surface area contributed by atoms with Gasteiger partial charge in [0, 0.05) is 24.2 Å². The average molecular weight is 393 g/mol. The first-order chi connectivity index (χ1) is 13.8. The Morgan fingerprint density at radius 1 is 0.931 bits per heavy atom. The molecule has 1 saturated heterocycles. The molecule has 4 rings (SSSR count). The zero-order chi connectivity index (χ0) is 20.8. The van der Waals surface area contributed by atoms with E-state index in [9.17, 15) is 9.59 Å². The maximum atomic E-state index is 12.7. The van der Waals surface area contributed by atoms with E-state index in [-0.39, 0.29) is 5.57 Å². The lowest BCUT2D eigenvalue weighted by Crippen LogP contribution is -2.47. The molecule has 2 aliphatic rings. The summed E-state index contributed by atoms with van der Waals surface area (Å²) in [6.45, 7) is 8.18. The molecule has 1 aromatic heterocycles. The molecule has 2 aromatic rings. The number of carbonyl (C=O) groups is 2. The molecule has 2 heterocycles. The number of aromatic nitrogens is 1. The highest BCUT2D eigenvalue weighted by atomic mass is 16.7. The molecule has 0 bridgehead atoms. The molecule has 0 amide bonds. The highest BCUT2D eigenvalue weighted by Gasteiger charge is 2.46. The third-order valence-corrected chi connectivity index (χ3v) is 6.05. The maximum absolute atomic E-state index is 12.7. The molecule has 2 fully saturated rings. The van der Waals surface area contributed by atoms with Crippen LogP contribution in [0.25, 0.3) is 11.8 Å². The average Bonchev–Trinajstić information content (AvgIpc) is 2.93. The smallest absolute Gasteiger partial charge is 0.348 e. The van der Waals surface area contributed by atoms with Gasteiger partial charge in [-0.05, 0) is 69.4 Å². The Morgan fingerprint density at radius 3 is 2.10 bits per heavy atom. The number of hydrogen-bond acceptors (Lipinski definition) is 4. The second-order valence-electron chi connectivity index (χ2n) is 8.21. The fraction of sp³-hybridized carbons (Fsp3) is 0.417. The van der Waals surface area contributed by atoms with Crippen molar-refractivity contribution in [3.8, 4) is 5.69 Å². The topological polar surface area (TPSA) is 57.5 Å². The van der Waals surface area contributed by atoms with Gasteiger partial charge in [-0.2, -0.15) is 0 Å². The van der Waals surface area contributed by atoms with Gasteiger partial charge in [-0.25, -0.2) is 9.59 Å². The Balaban J connectivity index is 1.71. The lowest BCUT2D eigenvalue weighted by molar-refractivity contribution is -0.244. The number of para-hydroxylation sites is 1. The standard InChI is InChI=1S/C24H27NO4/c1-15-9-8-10-16(2)21(15)25-17(3)13-19(18(25)4)14-20-22(26)28-24(29-23(20)27)11-6-5-7-12-24/h8-10,13-14H,5-7,11-12H2,1-4H3. The number of benzene rings is 1. The summed E-state index contributed by atoms with van der Waals surface area (Å²) in [5, 5.41) is 0. The highest BCUT2D eigenvalue weighted by Crippen LogP contribution is 2.37. The van der Waals surface area contributed by atoms with Crippen LogP contribution in [0, 0.1) is 27.7 Å². The van der Waals surface area contributed by atoms with Gasteiger partial charge in [-0.3, -0.25) is 0 Å². The van der Waals surface area contributed by atoms with E-state index in [0.717, 1.165) is 41.9 Å². The van der Waals surface area contributed by atoms with Crippen molar-refractivity contribution in [2.45, 2.75) is 65.6 Å². The van der Waals surface area contributed by atoms with E-state index >= 15 is 0 Å². The van der Waals surface area contributed by atoms with Crippen LogP contribution in [0.4, 0.5) is 0 Å². The van der Waals surface area contributed by atoms with Gasteiger partial charge < -0.3 is 14.0 Å². The minimum absolute atomic E-state index is 0.0389. The van der Waals surface area contributed by atoms with Crippen molar-refractivity contribution >= 4 is 18.0 Å². The minimum Gasteiger partial charge on any atom is -0.419 e. The quantitative estimate of drug-likeness (QED) is 0.416. The van der Waals surface area contributed by atoms with Crippen LogP contribution in [0.15, 0.2) is 29.8 Å². The number of hydrogen-bond donors (Lipinski definition) is 0. The Bertz CT molecular complexity index is 979. The van der Waals surface area contributed by atoms with Crippen molar-refractivity contribution in [3.63, 3.8) is 0 Å². The Hall–Kier alpha value is -2.82. The second-order valence-corrected chi connectivity index (χ2v) is 8.21. The van der Waals surface area contributed by atoms with Crippen molar-refractivity contribution in [1.82, 2.24) is 4.57 Å². The normalized spacial score (nSPS) is 18.6. The van der Waals surface area contributed by atoms with Crippen molar-refractivity contribution in [2.75, 3.05) is 0 Å². The van der Waals surface area contributed by atoms with Crippen LogP contribution in [0.1, 0.15) is 60.2 Å². The van der Waals surface area contributed by atoms with E-state index in [4.69, 9.17) is 9.47 Å². The predicted molar refractivity (Wildman–Crippen MR) is 111 cm³/mol. The molecule has 0 unspecified atom stereocenters. The van der Waals surface area contributed by atoms with Crippen LogP contribution in [0.5, 0.6) is 0 Å². The fourth-order valence-electron chi connectivity index (χ4n) is 4.56. The first-order valence-electron chi connectivity index (χ1n) is 10.3. The summed E-state index contributed by atoms with van der Waals surface area (Å²) in [6.07, 6.45) is 5.64. The SMILES string of the molecule is Cc1cccc(C)c1-n1c(C)cc(C=C2C(=O)OC3(CCCCC3)OC2=O)c1C. The molecule has 29 heavy (non-hydrogen) atoms. The minimum atomic E-state index is -1.06. The van der Waals surface area contributed by atoms with Gasteiger partial charge in [0.25, 0.3) is 5.79 Å². The molecule has 152 valence electrons. The van der Waals surface area contributed by atoms with Crippen LogP contribution in [-0.2, 0) is 19.1 Å². The number of aryl methyl sites for hydroxylation is 3. The molecule has 1 aromatic carbocycles.